The second-order valence-corrected chi connectivity index (χ2v) is 5.91. The van der Waals surface area contributed by atoms with Gasteiger partial charge in [-0.15, -0.1) is 0 Å². The van der Waals surface area contributed by atoms with Crippen molar-refractivity contribution in [2.75, 3.05) is 6.54 Å². The third-order valence-electron chi connectivity index (χ3n) is 3.02. The predicted octanol–water partition coefficient (Wildman–Crippen LogP) is 2.89. The zero-order valence-electron chi connectivity index (χ0n) is 12.2. The van der Waals surface area contributed by atoms with Gasteiger partial charge in [0.05, 0.1) is 6.04 Å². The molecule has 108 valence electrons. The van der Waals surface area contributed by atoms with Gasteiger partial charge in [-0.3, -0.25) is 0 Å². The Kier molecular flexibility index (Phi) is 4.37. The van der Waals surface area contributed by atoms with E-state index in [9.17, 15) is 4.79 Å². The molecule has 0 saturated carbocycles. The van der Waals surface area contributed by atoms with E-state index in [1.807, 2.05) is 32.9 Å². The van der Waals surface area contributed by atoms with Crippen LogP contribution < -0.4 is 0 Å². The second kappa shape index (κ2) is 6.03. The summed E-state index contributed by atoms with van der Waals surface area (Å²) in [5.41, 5.74) is 0.477. The first-order chi connectivity index (χ1) is 9.46. The minimum absolute atomic E-state index is 0.0880. The van der Waals surface area contributed by atoms with Gasteiger partial charge < -0.3 is 9.64 Å². The largest absolute Gasteiger partial charge is 0.444 e. The number of amides is 1. The van der Waals surface area contributed by atoms with Gasteiger partial charge in [0.2, 0.25) is 0 Å². The molecule has 0 bridgehead atoms. The summed E-state index contributed by atoms with van der Waals surface area (Å²) in [6, 6.07) is 0.0880. The molecule has 1 aromatic rings. The molecule has 0 aromatic carbocycles. The molecule has 2 heterocycles. The average molecular weight is 275 g/mol. The van der Waals surface area contributed by atoms with Crippen molar-refractivity contribution in [2.24, 2.45) is 0 Å². The normalized spacial score (nSPS) is 19.6. The summed E-state index contributed by atoms with van der Waals surface area (Å²) < 4.78 is 5.43. The topological polar surface area (TPSA) is 55.3 Å². The van der Waals surface area contributed by atoms with Crippen LogP contribution in [0, 0.1) is 0 Å². The summed E-state index contributed by atoms with van der Waals surface area (Å²) in [5, 5.41) is 0. The van der Waals surface area contributed by atoms with Crippen molar-refractivity contribution in [1.29, 1.82) is 0 Å². The van der Waals surface area contributed by atoms with Crippen LogP contribution in [-0.2, 0) is 4.74 Å². The average Bonchev–Trinajstić information content (AvgIpc) is 2.84. The molecule has 1 aliphatic rings. The van der Waals surface area contributed by atoms with Crippen molar-refractivity contribution in [1.82, 2.24) is 14.9 Å². The lowest BCUT2D eigenvalue weighted by Crippen LogP contribution is -2.39. The zero-order valence-corrected chi connectivity index (χ0v) is 12.2. The number of likely N-dealkylation sites (tertiary alicyclic amines) is 1. The van der Waals surface area contributed by atoms with Crippen LogP contribution in [0.5, 0.6) is 0 Å². The maximum absolute atomic E-state index is 12.1. The van der Waals surface area contributed by atoms with E-state index in [-0.39, 0.29) is 12.1 Å². The van der Waals surface area contributed by atoms with E-state index in [0.29, 0.717) is 0 Å². The first kappa shape index (κ1) is 14.5. The van der Waals surface area contributed by atoms with Crippen LogP contribution in [0.2, 0.25) is 0 Å². The van der Waals surface area contributed by atoms with Crippen LogP contribution in [0.1, 0.15) is 39.2 Å². The smallest absolute Gasteiger partial charge is 0.410 e. The number of ether oxygens (including phenoxy) is 1. The summed E-state index contributed by atoms with van der Waals surface area (Å²) in [5.74, 6) is 0. The van der Waals surface area contributed by atoms with E-state index in [1.54, 1.807) is 17.3 Å². The fraction of sp³-hybridized carbons (Fsp3) is 0.533. The van der Waals surface area contributed by atoms with Crippen LogP contribution in [0.3, 0.4) is 0 Å². The predicted molar refractivity (Wildman–Crippen MR) is 77.0 cm³/mol. The van der Waals surface area contributed by atoms with Gasteiger partial charge in [0.1, 0.15) is 11.9 Å². The van der Waals surface area contributed by atoms with Gasteiger partial charge in [0.25, 0.3) is 0 Å². The number of carbonyl (C=O) groups excluding carboxylic acids is 1. The summed E-state index contributed by atoms with van der Waals surface area (Å²) >= 11 is 0. The molecule has 0 radical (unpaired) electrons. The number of rotatable bonds is 2. The number of aromatic nitrogens is 2. The molecule has 0 N–H and O–H groups in total. The molecule has 20 heavy (non-hydrogen) atoms. The first-order valence-corrected chi connectivity index (χ1v) is 6.88. The minimum Gasteiger partial charge on any atom is -0.444 e. The Labute approximate surface area is 119 Å². The van der Waals surface area contributed by atoms with Gasteiger partial charge in [0.15, 0.2) is 0 Å². The Morgan fingerprint density at radius 3 is 2.75 bits per heavy atom. The van der Waals surface area contributed by atoms with Crippen LogP contribution >= 0.6 is 0 Å². The summed E-state index contributed by atoms with van der Waals surface area (Å²) in [4.78, 5) is 21.8. The zero-order chi connectivity index (χ0) is 14.6. The molecule has 5 nitrogen and oxygen atoms in total. The molecule has 0 spiro atoms. The summed E-state index contributed by atoms with van der Waals surface area (Å²) in [7, 11) is 0. The van der Waals surface area contributed by atoms with Crippen LogP contribution in [0.15, 0.2) is 24.8 Å². The molecule has 1 saturated heterocycles. The highest BCUT2D eigenvalue weighted by Crippen LogP contribution is 2.22. The van der Waals surface area contributed by atoms with Crippen LogP contribution in [0.4, 0.5) is 4.79 Å². The molecule has 1 aromatic heterocycles. The molecule has 0 aliphatic carbocycles. The van der Waals surface area contributed by atoms with E-state index in [4.69, 9.17) is 4.74 Å². The fourth-order valence-corrected chi connectivity index (χ4v) is 2.16. The maximum atomic E-state index is 12.1. The molecular formula is C15H21N3O2. The number of hydrogen-bond donors (Lipinski definition) is 0. The third kappa shape index (κ3) is 4.05. The molecule has 1 atom stereocenters. The van der Waals surface area contributed by atoms with Gasteiger partial charge >= 0.3 is 6.09 Å². The third-order valence-corrected chi connectivity index (χ3v) is 3.02. The fourth-order valence-electron chi connectivity index (χ4n) is 2.16. The molecule has 1 fully saturated rings. The van der Waals surface area contributed by atoms with Crippen LogP contribution in [-0.4, -0.2) is 39.1 Å². The number of hydrogen-bond acceptors (Lipinski definition) is 4. The lowest BCUT2D eigenvalue weighted by Gasteiger charge is -2.27. The molecule has 1 amide bonds. The molecule has 5 heteroatoms. The van der Waals surface area contributed by atoms with Crippen molar-refractivity contribution >= 4 is 12.2 Å². The van der Waals surface area contributed by atoms with Crippen LogP contribution in [0.25, 0.3) is 6.08 Å². The Morgan fingerprint density at radius 2 is 2.10 bits per heavy atom. The highest BCUT2D eigenvalue weighted by atomic mass is 16.6. The van der Waals surface area contributed by atoms with E-state index in [2.05, 4.69) is 9.97 Å². The molecule has 0 unspecified atom stereocenters. The lowest BCUT2D eigenvalue weighted by molar-refractivity contribution is 0.0256. The van der Waals surface area contributed by atoms with Gasteiger partial charge in [0, 0.05) is 24.5 Å². The Morgan fingerprint density at radius 1 is 1.40 bits per heavy atom. The van der Waals surface area contributed by atoms with Crippen molar-refractivity contribution in [3.8, 4) is 0 Å². The molecular weight excluding hydrogens is 254 g/mol. The molecule has 2 rings (SSSR count). The number of nitrogens with zero attached hydrogens (tertiary/aromatic N) is 3. The lowest BCUT2D eigenvalue weighted by atomic mass is 10.2. The molecule has 1 aliphatic heterocycles. The van der Waals surface area contributed by atoms with Gasteiger partial charge in [-0.1, -0.05) is 12.2 Å². The Balaban J connectivity index is 2.01. The van der Waals surface area contributed by atoms with E-state index in [1.165, 1.54) is 6.33 Å². The minimum atomic E-state index is -0.457. The van der Waals surface area contributed by atoms with Crippen molar-refractivity contribution in [3.05, 3.63) is 30.4 Å². The highest BCUT2D eigenvalue weighted by Gasteiger charge is 2.30. The monoisotopic (exact) mass is 275 g/mol. The SMILES string of the molecule is CC(C)(C)OC(=O)N1CCC[C@H]1/C=C/c1cncnc1. The van der Waals surface area contributed by atoms with E-state index >= 15 is 0 Å². The Hall–Kier alpha value is -1.91. The van der Waals surface area contributed by atoms with Crippen molar-refractivity contribution in [3.63, 3.8) is 0 Å². The van der Waals surface area contributed by atoms with Gasteiger partial charge in [-0.25, -0.2) is 14.8 Å². The quantitative estimate of drug-likeness (QED) is 0.832. The van der Waals surface area contributed by atoms with Gasteiger partial charge in [-0.05, 0) is 33.6 Å². The number of carbonyl (C=O) groups is 1. The standard InChI is InChI=1S/C15H21N3O2/c1-15(2,3)20-14(19)18-8-4-5-13(18)7-6-12-9-16-11-17-10-12/h6-7,9-11,13H,4-5,8H2,1-3H3/b7-6+/t13-/m0/s1. The Bertz CT molecular complexity index is 480. The second-order valence-electron chi connectivity index (χ2n) is 5.91. The maximum Gasteiger partial charge on any atom is 0.410 e. The van der Waals surface area contributed by atoms with Gasteiger partial charge in [-0.2, -0.15) is 0 Å². The van der Waals surface area contributed by atoms with E-state index < -0.39 is 5.60 Å². The first-order valence-electron chi connectivity index (χ1n) is 6.88. The van der Waals surface area contributed by atoms with Crippen molar-refractivity contribution < 1.29 is 9.53 Å². The van der Waals surface area contributed by atoms with Crippen molar-refractivity contribution in [2.45, 2.75) is 45.3 Å². The summed E-state index contributed by atoms with van der Waals surface area (Å²) in [6.45, 7) is 6.39. The summed E-state index contributed by atoms with van der Waals surface area (Å²) in [6.07, 6.45) is 10.7. The highest BCUT2D eigenvalue weighted by molar-refractivity contribution is 5.69. The van der Waals surface area contributed by atoms with E-state index in [0.717, 1.165) is 24.9 Å².